The topological polar surface area (TPSA) is 54.7 Å². The van der Waals surface area contributed by atoms with Crippen molar-refractivity contribution >= 4 is 11.3 Å². The number of fused-ring (bicyclic) bond motifs is 1. The molecule has 4 heterocycles. The summed E-state index contributed by atoms with van der Waals surface area (Å²) in [5, 5.41) is 12.2. The molecule has 4 rings (SSSR count). The fourth-order valence-corrected chi connectivity index (χ4v) is 3.42. The normalized spacial score (nSPS) is 23.1. The molecule has 2 aromatic heterocycles. The van der Waals surface area contributed by atoms with E-state index in [-0.39, 0.29) is 0 Å². The molecule has 6 heteroatoms. The molecule has 6 nitrogen and oxygen atoms in total. The van der Waals surface area contributed by atoms with Crippen LogP contribution in [0.2, 0.25) is 0 Å². The lowest BCUT2D eigenvalue weighted by Gasteiger charge is -2.29. The van der Waals surface area contributed by atoms with E-state index in [0.29, 0.717) is 5.92 Å². The zero-order valence-electron chi connectivity index (χ0n) is 12.9. The second kappa shape index (κ2) is 6.22. The second-order valence-electron chi connectivity index (χ2n) is 6.25. The summed E-state index contributed by atoms with van der Waals surface area (Å²) in [6.45, 7) is 5.96. The van der Waals surface area contributed by atoms with Gasteiger partial charge in [0.1, 0.15) is 5.82 Å². The van der Waals surface area contributed by atoms with Crippen LogP contribution in [-0.2, 0) is 11.2 Å². The van der Waals surface area contributed by atoms with E-state index in [1.807, 2.05) is 0 Å². The number of aromatic nitrogens is 3. The molecule has 0 amide bonds. The summed E-state index contributed by atoms with van der Waals surface area (Å²) in [5.74, 6) is 1.63. The standard InChI is InChI=1S/C16H23N5O/c1-2-13(12-22-9-1)10-15-18-19-16-11-14(3-6-21(15)16)20-7-4-17-5-8-20/h3,6,11,13,17H,1-2,4-5,7-10,12H2. The summed E-state index contributed by atoms with van der Waals surface area (Å²) < 4.78 is 7.70. The Morgan fingerprint density at radius 1 is 1.27 bits per heavy atom. The number of hydrogen-bond acceptors (Lipinski definition) is 5. The average Bonchev–Trinajstić information content (AvgIpc) is 2.99. The van der Waals surface area contributed by atoms with Gasteiger partial charge in [0.25, 0.3) is 0 Å². The lowest BCUT2D eigenvalue weighted by atomic mass is 9.98. The molecular weight excluding hydrogens is 278 g/mol. The summed E-state index contributed by atoms with van der Waals surface area (Å²) in [6.07, 6.45) is 5.46. The van der Waals surface area contributed by atoms with E-state index in [2.05, 4.69) is 43.1 Å². The first-order valence-corrected chi connectivity index (χ1v) is 8.27. The number of ether oxygens (including phenoxy) is 1. The molecule has 2 fully saturated rings. The molecule has 1 N–H and O–H groups in total. The van der Waals surface area contributed by atoms with Gasteiger partial charge in [-0.15, -0.1) is 10.2 Å². The second-order valence-corrected chi connectivity index (χ2v) is 6.25. The minimum absolute atomic E-state index is 0.578. The maximum atomic E-state index is 5.57. The van der Waals surface area contributed by atoms with Crippen LogP contribution in [0.15, 0.2) is 18.3 Å². The lowest BCUT2D eigenvalue weighted by molar-refractivity contribution is 0.0542. The van der Waals surface area contributed by atoms with Gasteiger partial charge in [-0.3, -0.25) is 4.40 Å². The monoisotopic (exact) mass is 301 g/mol. The Morgan fingerprint density at radius 3 is 3.00 bits per heavy atom. The van der Waals surface area contributed by atoms with Crippen molar-refractivity contribution in [2.75, 3.05) is 44.3 Å². The van der Waals surface area contributed by atoms with Crippen molar-refractivity contribution in [2.24, 2.45) is 5.92 Å². The van der Waals surface area contributed by atoms with Crippen molar-refractivity contribution in [2.45, 2.75) is 19.3 Å². The SMILES string of the molecule is c1cn2c(CC3CCCOC3)nnc2cc1N1CCNCC1. The molecule has 0 aliphatic carbocycles. The molecule has 0 radical (unpaired) electrons. The van der Waals surface area contributed by atoms with Crippen LogP contribution in [0.25, 0.3) is 5.65 Å². The summed E-state index contributed by atoms with van der Waals surface area (Å²) in [5.41, 5.74) is 2.19. The quantitative estimate of drug-likeness (QED) is 0.920. The largest absolute Gasteiger partial charge is 0.381 e. The molecule has 118 valence electrons. The van der Waals surface area contributed by atoms with Gasteiger partial charge in [-0.05, 0) is 24.8 Å². The zero-order valence-corrected chi connectivity index (χ0v) is 12.9. The van der Waals surface area contributed by atoms with Crippen LogP contribution in [0.1, 0.15) is 18.7 Å². The van der Waals surface area contributed by atoms with Gasteiger partial charge >= 0.3 is 0 Å². The van der Waals surface area contributed by atoms with Gasteiger partial charge in [0.15, 0.2) is 5.65 Å². The Bertz CT molecular complexity index is 628. The molecule has 0 spiro atoms. The number of nitrogens with zero attached hydrogens (tertiary/aromatic N) is 4. The third-order valence-electron chi connectivity index (χ3n) is 4.67. The molecule has 2 aliphatic rings. The fraction of sp³-hybridized carbons (Fsp3) is 0.625. The fourth-order valence-electron chi connectivity index (χ4n) is 3.42. The maximum Gasteiger partial charge on any atom is 0.162 e. The molecular formula is C16H23N5O. The van der Waals surface area contributed by atoms with Gasteiger partial charge in [-0.2, -0.15) is 0 Å². The summed E-state index contributed by atoms with van der Waals surface area (Å²) in [7, 11) is 0. The first-order valence-electron chi connectivity index (χ1n) is 8.27. The van der Waals surface area contributed by atoms with E-state index in [9.17, 15) is 0 Å². The van der Waals surface area contributed by atoms with Crippen LogP contribution in [0, 0.1) is 5.92 Å². The maximum absolute atomic E-state index is 5.57. The lowest BCUT2D eigenvalue weighted by Crippen LogP contribution is -2.43. The van der Waals surface area contributed by atoms with Crippen LogP contribution >= 0.6 is 0 Å². The number of piperazine rings is 1. The minimum atomic E-state index is 0.578. The first-order chi connectivity index (χ1) is 10.9. The highest BCUT2D eigenvalue weighted by Crippen LogP contribution is 2.21. The Balaban J connectivity index is 1.54. The number of anilines is 1. The van der Waals surface area contributed by atoms with Crippen molar-refractivity contribution < 1.29 is 4.74 Å². The van der Waals surface area contributed by atoms with Crippen LogP contribution in [0.5, 0.6) is 0 Å². The molecule has 0 bridgehead atoms. The molecule has 2 aliphatic heterocycles. The third-order valence-corrected chi connectivity index (χ3v) is 4.67. The summed E-state index contributed by atoms with van der Waals surface area (Å²) >= 11 is 0. The number of hydrogen-bond donors (Lipinski definition) is 1. The molecule has 1 atom stereocenters. The van der Waals surface area contributed by atoms with Crippen molar-refractivity contribution in [1.29, 1.82) is 0 Å². The number of rotatable bonds is 3. The first kappa shape index (κ1) is 14.0. The number of nitrogens with one attached hydrogen (secondary N) is 1. The molecule has 22 heavy (non-hydrogen) atoms. The van der Waals surface area contributed by atoms with E-state index in [4.69, 9.17) is 4.74 Å². The third kappa shape index (κ3) is 2.80. The van der Waals surface area contributed by atoms with Gasteiger partial charge < -0.3 is 15.0 Å². The molecule has 2 aromatic rings. The predicted octanol–water partition coefficient (Wildman–Crippen LogP) is 1.11. The van der Waals surface area contributed by atoms with Crippen LogP contribution < -0.4 is 10.2 Å². The van der Waals surface area contributed by atoms with E-state index in [1.165, 1.54) is 12.1 Å². The van der Waals surface area contributed by atoms with Crippen molar-refractivity contribution in [3.63, 3.8) is 0 Å². The van der Waals surface area contributed by atoms with Crippen LogP contribution in [-0.4, -0.2) is 54.0 Å². The highest BCUT2D eigenvalue weighted by Gasteiger charge is 2.18. The zero-order chi connectivity index (χ0) is 14.8. The molecule has 2 saturated heterocycles. The molecule has 0 saturated carbocycles. The minimum Gasteiger partial charge on any atom is -0.381 e. The Labute approximate surface area is 130 Å². The van der Waals surface area contributed by atoms with Crippen LogP contribution in [0.4, 0.5) is 5.69 Å². The Kier molecular flexibility index (Phi) is 3.95. The highest BCUT2D eigenvalue weighted by molar-refractivity contribution is 5.56. The van der Waals surface area contributed by atoms with E-state index < -0.39 is 0 Å². The smallest absolute Gasteiger partial charge is 0.162 e. The molecule has 1 unspecified atom stereocenters. The van der Waals surface area contributed by atoms with Gasteiger partial charge in [0, 0.05) is 63.8 Å². The summed E-state index contributed by atoms with van der Waals surface area (Å²) in [4.78, 5) is 2.40. The Morgan fingerprint density at radius 2 is 2.18 bits per heavy atom. The van der Waals surface area contributed by atoms with E-state index in [0.717, 1.165) is 63.7 Å². The van der Waals surface area contributed by atoms with Crippen molar-refractivity contribution in [1.82, 2.24) is 19.9 Å². The predicted molar refractivity (Wildman–Crippen MR) is 85.3 cm³/mol. The van der Waals surface area contributed by atoms with Crippen LogP contribution in [0.3, 0.4) is 0 Å². The van der Waals surface area contributed by atoms with Crippen molar-refractivity contribution in [3.8, 4) is 0 Å². The van der Waals surface area contributed by atoms with Gasteiger partial charge in [0.2, 0.25) is 0 Å². The summed E-state index contributed by atoms with van der Waals surface area (Å²) in [6, 6.07) is 4.34. The van der Waals surface area contributed by atoms with Gasteiger partial charge in [-0.25, -0.2) is 0 Å². The molecule has 0 aromatic carbocycles. The van der Waals surface area contributed by atoms with E-state index in [1.54, 1.807) is 0 Å². The highest BCUT2D eigenvalue weighted by atomic mass is 16.5. The van der Waals surface area contributed by atoms with Crippen molar-refractivity contribution in [3.05, 3.63) is 24.2 Å². The van der Waals surface area contributed by atoms with Gasteiger partial charge in [0.05, 0.1) is 0 Å². The number of pyridine rings is 1. The van der Waals surface area contributed by atoms with Gasteiger partial charge in [-0.1, -0.05) is 0 Å². The average molecular weight is 301 g/mol. The van der Waals surface area contributed by atoms with E-state index >= 15 is 0 Å². The Hall–Kier alpha value is -1.66.